The van der Waals surface area contributed by atoms with Crippen LogP contribution in [-0.4, -0.2) is 28.0 Å². The van der Waals surface area contributed by atoms with Crippen molar-refractivity contribution in [2.24, 2.45) is 0 Å². The highest BCUT2D eigenvalue weighted by atomic mass is 35.5. The summed E-state index contributed by atoms with van der Waals surface area (Å²) in [5, 5.41) is 26.6. The molecular formula is C10H10ClF3O3. The Bertz CT molecular complexity index is 395. The Morgan fingerprint density at radius 2 is 1.82 bits per heavy atom. The van der Waals surface area contributed by atoms with Crippen LogP contribution in [0.5, 0.6) is 0 Å². The maximum Gasteiger partial charge on any atom is 0.417 e. The number of hydrogen-bond acceptors (Lipinski definition) is 3. The fourth-order valence-electron chi connectivity index (χ4n) is 1.27. The van der Waals surface area contributed by atoms with Crippen molar-refractivity contribution < 1.29 is 28.5 Å². The first-order chi connectivity index (χ1) is 7.77. The summed E-state index contributed by atoms with van der Waals surface area (Å²) in [5.74, 6) is 0. The molecule has 0 spiro atoms. The van der Waals surface area contributed by atoms with Crippen LogP contribution in [0.15, 0.2) is 18.2 Å². The van der Waals surface area contributed by atoms with E-state index in [9.17, 15) is 18.3 Å². The summed E-state index contributed by atoms with van der Waals surface area (Å²) in [6.07, 6.45) is -7.53. The highest BCUT2D eigenvalue weighted by Crippen LogP contribution is 2.36. The molecule has 0 saturated heterocycles. The van der Waals surface area contributed by atoms with Crippen molar-refractivity contribution in [3.63, 3.8) is 0 Å². The SMILES string of the molecule is OCC(O)C(O)c1ccc(C(F)(F)F)c(Cl)c1. The first kappa shape index (κ1) is 14.2. The molecule has 0 fully saturated rings. The van der Waals surface area contributed by atoms with E-state index >= 15 is 0 Å². The molecule has 1 rings (SSSR count). The van der Waals surface area contributed by atoms with Gasteiger partial charge in [0.15, 0.2) is 0 Å². The predicted octanol–water partition coefficient (Wildman–Crippen LogP) is 1.75. The van der Waals surface area contributed by atoms with E-state index in [1.165, 1.54) is 0 Å². The van der Waals surface area contributed by atoms with Gasteiger partial charge in [-0.05, 0) is 17.7 Å². The van der Waals surface area contributed by atoms with Gasteiger partial charge in [-0.2, -0.15) is 13.2 Å². The zero-order valence-corrected chi connectivity index (χ0v) is 9.20. The van der Waals surface area contributed by atoms with Gasteiger partial charge in [0.2, 0.25) is 0 Å². The minimum absolute atomic E-state index is 0.00421. The van der Waals surface area contributed by atoms with E-state index in [1.54, 1.807) is 0 Å². The second kappa shape index (κ2) is 5.22. The van der Waals surface area contributed by atoms with Crippen molar-refractivity contribution in [2.45, 2.75) is 18.4 Å². The fourth-order valence-corrected chi connectivity index (χ4v) is 1.56. The highest BCUT2D eigenvalue weighted by molar-refractivity contribution is 6.31. The van der Waals surface area contributed by atoms with Crippen LogP contribution in [0.2, 0.25) is 5.02 Å². The van der Waals surface area contributed by atoms with Gasteiger partial charge in [-0.3, -0.25) is 0 Å². The van der Waals surface area contributed by atoms with E-state index < -0.39 is 35.6 Å². The standard InChI is InChI=1S/C10H10ClF3O3/c11-7-3-5(9(17)8(16)4-15)1-2-6(7)10(12,13)14/h1-3,8-9,15-17H,4H2. The lowest BCUT2D eigenvalue weighted by Crippen LogP contribution is -2.22. The van der Waals surface area contributed by atoms with Crippen LogP contribution >= 0.6 is 11.6 Å². The van der Waals surface area contributed by atoms with Crippen molar-refractivity contribution in [1.82, 2.24) is 0 Å². The zero-order valence-electron chi connectivity index (χ0n) is 8.45. The van der Waals surface area contributed by atoms with Crippen molar-refractivity contribution >= 4 is 11.6 Å². The molecule has 0 bridgehead atoms. The molecule has 17 heavy (non-hydrogen) atoms. The van der Waals surface area contributed by atoms with Crippen molar-refractivity contribution in [1.29, 1.82) is 0 Å². The average molecular weight is 271 g/mol. The van der Waals surface area contributed by atoms with Gasteiger partial charge in [0.1, 0.15) is 12.2 Å². The number of benzene rings is 1. The maximum atomic E-state index is 12.4. The number of aliphatic hydroxyl groups is 3. The molecule has 0 heterocycles. The second-order valence-corrected chi connectivity index (χ2v) is 3.84. The Morgan fingerprint density at radius 1 is 1.24 bits per heavy atom. The summed E-state index contributed by atoms with van der Waals surface area (Å²) in [6, 6.07) is 2.62. The van der Waals surface area contributed by atoms with Crippen LogP contribution in [0.4, 0.5) is 13.2 Å². The summed E-state index contributed by atoms with van der Waals surface area (Å²) >= 11 is 5.43. The maximum absolute atomic E-state index is 12.4. The number of rotatable bonds is 3. The van der Waals surface area contributed by atoms with Crippen LogP contribution in [0, 0.1) is 0 Å². The van der Waals surface area contributed by atoms with E-state index in [2.05, 4.69) is 0 Å². The highest BCUT2D eigenvalue weighted by Gasteiger charge is 2.33. The minimum atomic E-state index is -4.57. The van der Waals surface area contributed by atoms with Crippen molar-refractivity contribution in [2.75, 3.05) is 6.61 Å². The van der Waals surface area contributed by atoms with E-state index in [1.807, 2.05) is 0 Å². The van der Waals surface area contributed by atoms with E-state index in [0.29, 0.717) is 6.07 Å². The molecular weight excluding hydrogens is 261 g/mol. The molecule has 1 aromatic rings. The molecule has 2 unspecified atom stereocenters. The molecule has 1 aromatic carbocycles. The largest absolute Gasteiger partial charge is 0.417 e. The fraction of sp³-hybridized carbons (Fsp3) is 0.400. The van der Waals surface area contributed by atoms with Gasteiger partial charge < -0.3 is 15.3 Å². The van der Waals surface area contributed by atoms with E-state index in [0.717, 1.165) is 12.1 Å². The van der Waals surface area contributed by atoms with Gasteiger partial charge in [-0.25, -0.2) is 0 Å². The summed E-state index contributed by atoms with van der Waals surface area (Å²) in [5.41, 5.74) is -1.02. The molecule has 7 heteroatoms. The molecule has 0 aliphatic carbocycles. The third-order valence-electron chi connectivity index (χ3n) is 2.19. The van der Waals surface area contributed by atoms with Gasteiger partial charge >= 0.3 is 6.18 Å². The van der Waals surface area contributed by atoms with Crippen molar-refractivity contribution in [3.05, 3.63) is 34.3 Å². The Balaban J connectivity index is 3.05. The van der Waals surface area contributed by atoms with Gasteiger partial charge in [0.25, 0.3) is 0 Å². The van der Waals surface area contributed by atoms with Crippen LogP contribution in [-0.2, 0) is 6.18 Å². The lowest BCUT2D eigenvalue weighted by atomic mass is 10.0. The molecule has 96 valence electrons. The number of aliphatic hydroxyl groups excluding tert-OH is 3. The Hall–Kier alpha value is -0.820. The molecule has 0 amide bonds. The topological polar surface area (TPSA) is 60.7 Å². The summed E-state index contributed by atoms with van der Waals surface area (Å²) < 4.78 is 37.1. The van der Waals surface area contributed by atoms with Crippen molar-refractivity contribution in [3.8, 4) is 0 Å². The summed E-state index contributed by atoms with van der Waals surface area (Å²) in [4.78, 5) is 0. The normalized spacial score (nSPS) is 15.7. The number of alkyl halides is 3. The molecule has 3 nitrogen and oxygen atoms in total. The van der Waals surface area contributed by atoms with Crippen LogP contribution in [0.1, 0.15) is 17.2 Å². The zero-order chi connectivity index (χ0) is 13.2. The predicted molar refractivity (Wildman–Crippen MR) is 54.5 cm³/mol. The molecule has 0 aromatic heterocycles. The summed E-state index contributed by atoms with van der Waals surface area (Å²) in [7, 11) is 0. The Labute approximate surface area is 100 Å². The van der Waals surface area contributed by atoms with E-state index in [-0.39, 0.29) is 5.56 Å². The monoisotopic (exact) mass is 270 g/mol. The Kier molecular flexibility index (Phi) is 4.37. The van der Waals surface area contributed by atoms with Gasteiger partial charge in [0, 0.05) is 0 Å². The number of halogens is 4. The second-order valence-electron chi connectivity index (χ2n) is 3.43. The molecule has 3 N–H and O–H groups in total. The average Bonchev–Trinajstić information content (AvgIpc) is 2.25. The molecule has 0 aliphatic heterocycles. The van der Waals surface area contributed by atoms with Gasteiger partial charge in [0.05, 0.1) is 17.2 Å². The smallest absolute Gasteiger partial charge is 0.394 e. The summed E-state index contributed by atoms with van der Waals surface area (Å²) in [6.45, 7) is -0.709. The lowest BCUT2D eigenvalue weighted by Gasteiger charge is -2.17. The van der Waals surface area contributed by atoms with E-state index in [4.69, 9.17) is 21.8 Å². The third kappa shape index (κ3) is 3.32. The quantitative estimate of drug-likeness (QED) is 0.784. The Morgan fingerprint density at radius 3 is 2.24 bits per heavy atom. The van der Waals surface area contributed by atoms with Crippen LogP contribution < -0.4 is 0 Å². The third-order valence-corrected chi connectivity index (χ3v) is 2.50. The first-order valence-electron chi connectivity index (χ1n) is 4.61. The first-order valence-corrected chi connectivity index (χ1v) is 4.98. The minimum Gasteiger partial charge on any atom is -0.394 e. The number of hydrogen-bond donors (Lipinski definition) is 3. The molecule has 2 atom stereocenters. The molecule has 0 saturated carbocycles. The molecule has 0 aliphatic rings. The van der Waals surface area contributed by atoms with Gasteiger partial charge in [-0.15, -0.1) is 0 Å². The molecule has 0 radical (unpaired) electrons. The van der Waals surface area contributed by atoms with Gasteiger partial charge in [-0.1, -0.05) is 17.7 Å². The van der Waals surface area contributed by atoms with Crippen LogP contribution in [0.25, 0.3) is 0 Å². The van der Waals surface area contributed by atoms with Crippen LogP contribution in [0.3, 0.4) is 0 Å². The lowest BCUT2D eigenvalue weighted by molar-refractivity contribution is -0.137.